The van der Waals surface area contributed by atoms with Crippen molar-refractivity contribution < 1.29 is 19.1 Å². The topological polar surface area (TPSA) is 87.7 Å². The van der Waals surface area contributed by atoms with Crippen LogP contribution in [0.5, 0.6) is 0 Å². The van der Waals surface area contributed by atoms with E-state index in [1.165, 1.54) is 4.90 Å². The summed E-state index contributed by atoms with van der Waals surface area (Å²) in [6.45, 7) is 17.8. The zero-order chi connectivity index (χ0) is 26.6. The first-order valence-corrected chi connectivity index (χ1v) is 12.6. The highest BCUT2D eigenvalue weighted by Crippen LogP contribution is 2.25. The molecule has 0 spiro atoms. The summed E-state index contributed by atoms with van der Waals surface area (Å²) in [5.41, 5.74) is 1.01. The summed E-state index contributed by atoms with van der Waals surface area (Å²) in [5, 5.41) is 5.74. The molecule has 0 saturated carbocycles. The molecule has 1 aromatic rings. The van der Waals surface area contributed by atoms with Crippen molar-refractivity contribution in [3.63, 3.8) is 0 Å². The van der Waals surface area contributed by atoms with Gasteiger partial charge >= 0.3 is 6.09 Å². The third-order valence-corrected chi connectivity index (χ3v) is 5.30. The van der Waals surface area contributed by atoms with Crippen LogP contribution in [0.1, 0.15) is 84.4 Å². The first-order valence-electron chi connectivity index (χ1n) is 12.6. The zero-order valence-electron chi connectivity index (χ0n) is 22.6. The van der Waals surface area contributed by atoms with E-state index in [2.05, 4.69) is 24.1 Å². The average molecular weight is 488 g/mol. The van der Waals surface area contributed by atoms with Crippen molar-refractivity contribution >= 4 is 17.9 Å². The van der Waals surface area contributed by atoms with Crippen molar-refractivity contribution in [1.29, 1.82) is 0 Å². The Morgan fingerprint density at radius 1 is 1.17 bits per heavy atom. The van der Waals surface area contributed by atoms with Crippen molar-refractivity contribution in [1.82, 2.24) is 15.5 Å². The Labute approximate surface area is 211 Å². The molecular weight excluding hydrogens is 442 g/mol. The maximum Gasteiger partial charge on any atom is 0.408 e. The van der Waals surface area contributed by atoms with Gasteiger partial charge in [-0.05, 0) is 52.0 Å². The summed E-state index contributed by atoms with van der Waals surface area (Å²) in [7, 11) is 0. The third-order valence-electron chi connectivity index (χ3n) is 5.30. The number of hydrogen-bond donors (Lipinski definition) is 2. The lowest BCUT2D eigenvalue weighted by Gasteiger charge is -2.34. The molecular formula is C28H45N3O4. The van der Waals surface area contributed by atoms with Crippen LogP contribution < -0.4 is 10.6 Å². The van der Waals surface area contributed by atoms with Gasteiger partial charge in [-0.1, -0.05) is 69.5 Å². The molecule has 0 bridgehead atoms. The summed E-state index contributed by atoms with van der Waals surface area (Å²) in [5.74, 6) is -0.466. The summed E-state index contributed by atoms with van der Waals surface area (Å²) >= 11 is 0. The molecule has 2 atom stereocenters. The molecule has 0 heterocycles. The van der Waals surface area contributed by atoms with Crippen LogP contribution in [0.2, 0.25) is 0 Å². The summed E-state index contributed by atoms with van der Waals surface area (Å²) in [6.07, 6.45) is 4.28. The molecule has 0 aromatic heterocycles. The Balaban J connectivity index is 3.35. The fourth-order valence-corrected chi connectivity index (χ4v) is 3.80. The van der Waals surface area contributed by atoms with E-state index in [0.29, 0.717) is 18.5 Å². The lowest BCUT2D eigenvalue weighted by molar-refractivity contribution is -0.142. The lowest BCUT2D eigenvalue weighted by atomic mass is 9.98. The number of nitrogens with zero attached hydrogens (tertiary/aromatic N) is 1. The highest BCUT2D eigenvalue weighted by molar-refractivity contribution is 5.92. The minimum absolute atomic E-state index is 0.129. The lowest BCUT2D eigenvalue weighted by Crippen LogP contribution is -2.53. The zero-order valence-corrected chi connectivity index (χ0v) is 22.6. The number of rotatable bonds is 13. The van der Waals surface area contributed by atoms with Gasteiger partial charge in [0.15, 0.2) is 0 Å². The third kappa shape index (κ3) is 11.0. The van der Waals surface area contributed by atoms with Crippen molar-refractivity contribution in [2.24, 2.45) is 5.92 Å². The van der Waals surface area contributed by atoms with Crippen molar-refractivity contribution in [3.8, 4) is 0 Å². The van der Waals surface area contributed by atoms with Crippen molar-refractivity contribution in [2.75, 3.05) is 13.1 Å². The van der Waals surface area contributed by atoms with E-state index in [4.69, 9.17) is 4.74 Å². The minimum atomic E-state index is -0.850. The fourth-order valence-electron chi connectivity index (χ4n) is 3.80. The van der Waals surface area contributed by atoms with Crippen LogP contribution in [-0.4, -0.2) is 47.5 Å². The molecule has 3 amide bonds. The number of carbonyl (C=O) groups is 3. The van der Waals surface area contributed by atoms with Crippen LogP contribution in [0, 0.1) is 12.8 Å². The van der Waals surface area contributed by atoms with Gasteiger partial charge in [0.25, 0.3) is 0 Å². The quantitative estimate of drug-likeness (QED) is 0.292. The molecule has 2 unspecified atom stereocenters. The fraction of sp³-hybridized carbons (Fsp3) is 0.607. The molecule has 1 rings (SSSR count). The summed E-state index contributed by atoms with van der Waals surface area (Å²) in [4.78, 5) is 41.4. The SMILES string of the molecule is C=CCN(C(=O)C(CC(C)C)NC(=O)OC(C)(C)C)C(C(=O)NCCCCC)c1cccc(C)c1. The molecule has 35 heavy (non-hydrogen) atoms. The van der Waals surface area contributed by atoms with Crippen LogP contribution in [0.3, 0.4) is 0 Å². The normalized spacial score (nSPS) is 13.0. The number of carbonyl (C=O) groups excluding carboxylic acids is 3. The maximum absolute atomic E-state index is 13.9. The standard InChI is InChI=1S/C28H45N3O4/c1-9-11-12-16-29-25(32)24(22-15-13-14-21(5)19-22)31(17-10-2)26(33)23(18-20(3)4)30-27(34)35-28(6,7)8/h10,13-15,19-20,23-24H,2,9,11-12,16-18H2,1,3-8H3,(H,29,32)(H,30,34). The number of alkyl carbamates (subject to hydrolysis) is 1. The van der Waals surface area contributed by atoms with Gasteiger partial charge in [-0.3, -0.25) is 9.59 Å². The monoisotopic (exact) mass is 487 g/mol. The van der Waals surface area contributed by atoms with Gasteiger partial charge in [0.1, 0.15) is 17.7 Å². The molecule has 2 N–H and O–H groups in total. The Bertz CT molecular complexity index is 845. The van der Waals surface area contributed by atoms with Crippen LogP contribution >= 0.6 is 0 Å². The van der Waals surface area contributed by atoms with E-state index in [0.717, 1.165) is 24.8 Å². The summed E-state index contributed by atoms with van der Waals surface area (Å²) < 4.78 is 5.40. The molecule has 0 aliphatic rings. The van der Waals surface area contributed by atoms with Gasteiger partial charge in [-0.25, -0.2) is 4.79 Å². The largest absolute Gasteiger partial charge is 0.444 e. The van der Waals surface area contributed by atoms with Gasteiger partial charge in [-0.15, -0.1) is 6.58 Å². The first-order chi connectivity index (χ1) is 16.4. The van der Waals surface area contributed by atoms with Crippen LogP contribution in [0.4, 0.5) is 4.79 Å². The van der Waals surface area contributed by atoms with Crippen LogP contribution in [0.15, 0.2) is 36.9 Å². The van der Waals surface area contributed by atoms with Crippen LogP contribution in [0.25, 0.3) is 0 Å². The second-order valence-electron chi connectivity index (χ2n) is 10.4. The Hall–Kier alpha value is -2.83. The number of ether oxygens (including phenoxy) is 1. The van der Waals surface area contributed by atoms with Gasteiger partial charge in [0, 0.05) is 13.1 Å². The van der Waals surface area contributed by atoms with Gasteiger partial charge < -0.3 is 20.3 Å². The van der Waals surface area contributed by atoms with Crippen LogP contribution in [-0.2, 0) is 14.3 Å². The highest BCUT2D eigenvalue weighted by Gasteiger charge is 2.36. The highest BCUT2D eigenvalue weighted by atomic mass is 16.6. The number of hydrogen-bond acceptors (Lipinski definition) is 4. The summed E-state index contributed by atoms with van der Waals surface area (Å²) in [6, 6.07) is 5.90. The van der Waals surface area contributed by atoms with E-state index in [1.54, 1.807) is 26.8 Å². The second kappa shape index (κ2) is 14.5. The predicted molar refractivity (Wildman–Crippen MR) is 141 cm³/mol. The van der Waals surface area contributed by atoms with Crippen molar-refractivity contribution in [2.45, 2.75) is 91.8 Å². The molecule has 0 aliphatic heterocycles. The average Bonchev–Trinajstić information content (AvgIpc) is 2.74. The molecule has 7 heteroatoms. The Morgan fingerprint density at radius 2 is 1.86 bits per heavy atom. The Morgan fingerprint density at radius 3 is 2.40 bits per heavy atom. The number of amides is 3. The Kier molecular flexibility index (Phi) is 12.5. The van der Waals surface area contributed by atoms with Gasteiger partial charge in [0.2, 0.25) is 11.8 Å². The molecule has 0 aliphatic carbocycles. The molecule has 0 saturated heterocycles. The minimum Gasteiger partial charge on any atom is -0.444 e. The van der Waals surface area contributed by atoms with Gasteiger partial charge in [-0.2, -0.15) is 0 Å². The molecule has 1 aromatic carbocycles. The molecule has 0 fully saturated rings. The van der Waals surface area contributed by atoms with Gasteiger partial charge in [0.05, 0.1) is 0 Å². The maximum atomic E-state index is 13.9. The van der Waals surface area contributed by atoms with Crippen molar-refractivity contribution in [3.05, 3.63) is 48.0 Å². The van der Waals surface area contributed by atoms with E-state index in [9.17, 15) is 14.4 Å². The number of nitrogens with one attached hydrogen (secondary N) is 2. The second-order valence-corrected chi connectivity index (χ2v) is 10.4. The number of unbranched alkanes of at least 4 members (excludes halogenated alkanes) is 2. The van der Waals surface area contributed by atoms with E-state index in [-0.39, 0.29) is 24.3 Å². The molecule has 196 valence electrons. The molecule has 0 radical (unpaired) electrons. The van der Waals surface area contributed by atoms with E-state index >= 15 is 0 Å². The van der Waals surface area contributed by atoms with E-state index < -0.39 is 23.8 Å². The smallest absolute Gasteiger partial charge is 0.408 e. The number of aryl methyl sites for hydroxylation is 1. The van der Waals surface area contributed by atoms with E-state index in [1.807, 2.05) is 45.0 Å². The predicted octanol–water partition coefficient (Wildman–Crippen LogP) is 5.30. The number of benzene rings is 1. The first kappa shape index (κ1) is 30.2. The molecule has 7 nitrogen and oxygen atoms in total.